The number of nitrogens with zero attached hydrogens (tertiary/aromatic N) is 6. The molecule has 0 atom stereocenters. The molecule has 0 heterocycles. The van der Waals surface area contributed by atoms with E-state index in [1.165, 1.54) is 0 Å². The van der Waals surface area contributed by atoms with E-state index in [1.807, 2.05) is 28.2 Å². The van der Waals surface area contributed by atoms with Gasteiger partial charge in [-0.1, -0.05) is 109 Å². The number of hydrogen-bond acceptors (Lipinski definition) is 4. The second-order valence-electron chi connectivity index (χ2n) is 15.1. The van der Waals surface area contributed by atoms with Crippen LogP contribution >= 0.6 is 46.4 Å². The van der Waals surface area contributed by atoms with Crippen molar-refractivity contribution >= 4 is 92.2 Å². The first-order valence-corrected chi connectivity index (χ1v) is 22.4. The number of benzene rings is 6. The Hall–Kier alpha value is -3.94. The first kappa shape index (κ1) is 58.1. The van der Waals surface area contributed by atoms with E-state index in [0.717, 1.165) is 101 Å². The van der Waals surface area contributed by atoms with Crippen LogP contribution in [0, 0.1) is 55.4 Å². The Morgan fingerprint density at radius 2 is 0.609 bits per heavy atom. The number of hydrogen-bond donors (Lipinski definition) is 0. The van der Waals surface area contributed by atoms with Gasteiger partial charge < -0.3 is 30.4 Å². The van der Waals surface area contributed by atoms with Gasteiger partial charge in [0.05, 0.1) is 10.7 Å². The number of aliphatic imine (C=N–C) groups is 2. The van der Waals surface area contributed by atoms with E-state index in [-0.39, 0.29) is 44.8 Å². The van der Waals surface area contributed by atoms with Crippen LogP contribution in [0.25, 0.3) is 10.6 Å². The van der Waals surface area contributed by atoms with Gasteiger partial charge >= 0.3 is 34.1 Å². The van der Waals surface area contributed by atoms with Gasteiger partial charge in [0.1, 0.15) is 0 Å². The van der Waals surface area contributed by atoms with Gasteiger partial charge in [-0.25, -0.2) is 0 Å². The Kier molecular flexibility index (Phi) is 26.8. The molecule has 0 N–H and O–H groups in total. The van der Waals surface area contributed by atoms with Crippen molar-refractivity contribution in [3.63, 3.8) is 0 Å². The summed E-state index contributed by atoms with van der Waals surface area (Å²) in [5, 5.41) is 10.4. The zero-order valence-electron chi connectivity index (χ0n) is 38.8. The molecule has 0 saturated heterocycles. The fourth-order valence-corrected chi connectivity index (χ4v) is 6.48. The first-order valence-electron chi connectivity index (χ1n) is 20.2. The molecule has 0 aliphatic rings. The van der Waals surface area contributed by atoms with Crippen LogP contribution in [0.2, 0.25) is 0 Å². The third-order valence-corrected chi connectivity index (χ3v) is 9.91. The third-order valence-electron chi connectivity index (χ3n) is 9.91. The molecule has 0 fully saturated rings. The molecular weight excluding hydrogens is 978 g/mol. The van der Waals surface area contributed by atoms with Crippen LogP contribution in [0.4, 0.5) is 34.1 Å². The van der Waals surface area contributed by atoms with Gasteiger partial charge in [0.25, 0.3) is 0 Å². The first-order chi connectivity index (χ1) is 29.6. The minimum absolute atomic E-state index is 0. The van der Waals surface area contributed by atoms with Gasteiger partial charge in [-0.15, -0.1) is 46.4 Å². The van der Waals surface area contributed by atoms with Crippen molar-refractivity contribution in [1.29, 1.82) is 0 Å². The van der Waals surface area contributed by atoms with Gasteiger partial charge in [0, 0.05) is 39.6 Å². The number of rotatable bonds is 8. The average molecular weight is 1040 g/mol. The number of amidine groups is 2. The fourth-order valence-electron chi connectivity index (χ4n) is 6.48. The monoisotopic (exact) mass is 1030 g/mol. The van der Waals surface area contributed by atoms with Gasteiger partial charge in [0.2, 0.25) is 0 Å². The van der Waals surface area contributed by atoms with Crippen molar-refractivity contribution in [3.8, 4) is 0 Å². The maximum atomic E-state index is 5.02. The summed E-state index contributed by atoms with van der Waals surface area (Å²) in [5.41, 5.74) is 17.5. The van der Waals surface area contributed by atoms with E-state index in [9.17, 15) is 0 Å². The summed E-state index contributed by atoms with van der Waals surface area (Å²) in [4.78, 5) is 14.2. The zero-order chi connectivity index (χ0) is 45.9. The Balaban J connectivity index is 0.000000554. The van der Waals surface area contributed by atoms with E-state index in [2.05, 4.69) is 187 Å². The van der Waals surface area contributed by atoms with Gasteiger partial charge in [-0.3, -0.25) is 0 Å². The molecule has 0 unspecified atom stereocenters. The summed E-state index contributed by atoms with van der Waals surface area (Å²) in [7, 11) is 8.17. The molecular formula is C52H60Cl4Cu2N6. The smallest absolute Gasteiger partial charge is 0.435 e. The van der Waals surface area contributed by atoms with Crippen molar-refractivity contribution in [3.05, 3.63) is 188 Å². The fraction of sp³-hybridized carbons (Fsp3) is 0.269. The third kappa shape index (κ3) is 17.5. The second-order valence-corrected chi connectivity index (χ2v) is 16.8. The molecule has 64 heavy (non-hydrogen) atoms. The van der Waals surface area contributed by atoms with Crippen molar-refractivity contribution < 1.29 is 34.1 Å². The number of anilines is 2. The molecule has 0 radical (unpaired) electrons. The van der Waals surface area contributed by atoms with Crippen molar-refractivity contribution in [2.24, 2.45) is 9.98 Å². The van der Waals surface area contributed by atoms with E-state index in [4.69, 9.17) is 67.0 Å². The molecule has 6 aromatic rings. The average Bonchev–Trinajstić information content (AvgIpc) is 3.23. The van der Waals surface area contributed by atoms with Crippen molar-refractivity contribution in [2.45, 2.75) is 55.4 Å². The van der Waals surface area contributed by atoms with Crippen LogP contribution in [-0.4, -0.2) is 50.5 Å². The number of halogens is 4. The predicted molar refractivity (Wildman–Crippen MR) is 277 cm³/mol. The summed E-state index contributed by atoms with van der Waals surface area (Å²) in [6.45, 7) is 16.8. The SMILES string of the molecule is Cc1cccc(C)c1N=C([N-]c1c(C)cccc1C)c1ccc(N(C)C)cc1.Cc1cccc(C)c1N=C([N-]c1c(C)cccc1C)c1ccc(N(C)C)cc1.ClCCl.ClCCl.[Cu+].[Cu+]. The molecule has 6 nitrogen and oxygen atoms in total. The Bertz CT molecular complexity index is 2150. The van der Waals surface area contributed by atoms with E-state index < -0.39 is 0 Å². The van der Waals surface area contributed by atoms with Crippen LogP contribution in [-0.2, 0) is 34.1 Å². The molecule has 6 aromatic carbocycles. The summed E-state index contributed by atoms with van der Waals surface area (Å²) < 4.78 is 0. The quantitative estimate of drug-likeness (QED) is 0.0660. The standard InChI is InChI=1S/2C25H28N3.2CH2Cl2.2Cu/c2*1-17-9-7-10-18(2)23(17)26-25(21-13-15-22(16-14-21)28(5)6)27-24-19(3)11-8-12-20(24)4;2*2-1-3;;/h2*7-16H,1-6H3;2*1H2;;/q2*-1;;;2*+1. The summed E-state index contributed by atoms with van der Waals surface area (Å²) in [6, 6.07) is 41.8. The molecule has 0 spiro atoms. The topological polar surface area (TPSA) is 59.4 Å². The van der Waals surface area contributed by atoms with Crippen molar-refractivity contribution in [2.75, 3.05) is 48.7 Å². The second kappa shape index (κ2) is 29.6. The number of para-hydroxylation sites is 4. The molecule has 12 heteroatoms. The molecule has 0 amide bonds. The molecule has 348 valence electrons. The molecule has 6 rings (SSSR count). The Morgan fingerprint density at radius 3 is 0.828 bits per heavy atom. The van der Waals surface area contributed by atoms with Crippen molar-refractivity contribution in [1.82, 2.24) is 0 Å². The normalized spacial score (nSPS) is 10.6. The Labute approximate surface area is 424 Å². The number of alkyl halides is 4. The maximum Gasteiger partial charge on any atom is 1.00 e. The van der Waals surface area contributed by atoms with Crippen LogP contribution in [0.3, 0.4) is 0 Å². The van der Waals surface area contributed by atoms with Crippen LogP contribution < -0.4 is 9.80 Å². The molecule has 0 aliphatic carbocycles. The largest absolute Gasteiger partial charge is 1.00 e. The van der Waals surface area contributed by atoms with Crippen LogP contribution in [0.1, 0.15) is 55.6 Å². The Morgan fingerprint density at radius 1 is 0.391 bits per heavy atom. The predicted octanol–water partition coefficient (Wildman–Crippen LogP) is 16.4. The number of aryl methyl sites for hydroxylation is 8. The maximum absolute atomic E-state index is 5.02. The summed E-state index contributed by atoms with van der Waals surface area (Å²) in [5.74, 6) is 1.47. The minimum atomic E-state index is 0. The zero-order valence-corrected chi connectivity index (χ0v) is 43.7. The molecule has 0 aromatic heterocycles. The van der Waals surface area contributed by atoms with E-state index in [0.29, 0.717) is 0 Å². The van der Waals surface area contributed by atoms with Crippen LogP contribution in [0.5, 0.6) is 0 Å². The van der Waals surface area contributed by atoms with Gasteiger partial charge in [0.15, 0.2) is 0 Å². The molecule has 0 aliphatic heterocycles. The summed E-state index contributed by atoms with van der Waals surface area (Å²) in [6.07, 6.45) is 0. The van der Waals surface area contributed by atoms with Gasteiger partial charge in [-0.2, -0.15) is 0 Å². The van der Waals surface area contributed by atoms with Gasteiger partial charge in [-0.05, 0) is 158 Å². The van der Waals surface area contributed by atoms with E-state index in [1.54, 1.807) is 0 Å². The molecule has 0 bridgehead atoms. The summed E-state index contributed by atoms with van der Waals surface area (Å²) >= 11 is 19.1. The van der Waals surface area contributed by atoms with Crippen LogP contribution in [0.15, 0.2) is 131 Å². The molecule has 0 saturated carbocycles. The minimum Gasteiger partial charge on any atom is -0.435 e. The van der Waals surface area contributed by atoms with E-state index >= 15 is 0 Å².